The standard InChI is InChI=1S/C21H19BrN2O3S/c22-16-7-4-8-17(11-16)28-20-18(15-9-10-15)19(25)23-21(26)24(20)13-27-12-14-5-2-1-3-6-14/h1-8,11,15H,9-10,12-13H2,(H,23,25,26). The molecule has 2 aromatic carbocycles. The Bertz CT molecular complexity index is 1090. The van der Waals surface area contributed by atoms with Crippen LogP contribution in [0.4, 0.5) is 0 Å². The third-order valence-corrected chi connectivity index (χ3v) is 6.13. The van der Waals surface area contributed by atoms with E-state index in [1.807, 2.05) is 54.6 Å². The number of H-pyrrole nitrogens is 1. The second-order valence-corrected chi connectivity index (χ2v) is 8.68. The molecule has 7 heteroatoms. The molecule has 0 radical (unpaired) electrons. The van der Waals surface area contributed by atoms with Crippen molar-refractivity contribution in [2.45, 2.75) is 42.0 Å². The molecule has 5 nitrogen and oxygen atoms in total. The summed E-state index contributed by atoms with van der Waals surface area (Å²) in [7, 11) is 0. The van der Waals surface area contributed by atoms with Crippen LogP contribution in [-0.2, 0) is 18.1 Å². The zero-order valence-corrected chi connectivity index (χ0v) is 17.5. The lowest BCUT2D eigenvalue weighted by molar-refractivity contribution is 0.0550. The largest absolute Gasteiger partial charge is 0.356 e. The average Bonchev–Trinajstić information content (AvgIpc) is 3.50. The second kappa shape index (κ2) is 8.51. The minimum absolute atomic E-state index is 0.0839. The van der Waals surface area contributed by atoms with Crippen molar-refractivity contribution < 1.29 is 4.74 Å². The van der Waals surface area contributed by atoms with Crippen LogP contribution in [0.2, 0.25) is 0 Å². The van der Waals surface area contributed by atoms with Crippen LogP contribution in [0.3, 0.4) is 0 Å². The van der Waals surface area contributed by atoms with Gasteiger partial charge in [-0.15, -0.1) is 0 Å². The molecule has 1 heterocycles. The fourth-order valence-electron chi connectivity index (χ4n) is 3.00. The van der Waals surface area contributed by atoms with Gasteiger partial charge in [-0.2, -0.15) is 0 Å². The summed E-state index contributed by atoms with van der Waals surface area (Å²) in [6, 6.07) is 17.6. The molecular formula is C21H19BrN2O3S. The summed E-state index contributed by atoms with van der Waals surface area (Å²) in [6.07, 6.45) is 1.94. The van der Waals surface area contributed by atoms with E-state index in [0.29, 0.717) is 17.2 Å². The predicted molar refractivity (Wildman–Crippen MR) is 113 cm³/mol. The highest BCUT2D eigenvalue weighted by molar-refractivity contribution is 9.10. The smallest absolute Gasteiger partial charge is 0.331 e. The summed E-state index contributed by atoms with van der Waals surface area (Å²) in [5, 5.41) is 0.669. The van der Waals surface area contributed by atoms with Gasteiger partial charge in [0.15, 0.2) is 0 Å². The summed E-state index contributed by atoms with van der Waals surface area (Å²) < 4.78 is 8.28. The van der Waals surface area contributed by atoms with E-state index in [1.54, 1.807) is 0 Å². The lowest BCUT2D eigenvalue weighted by Crippen LogP contribution is -2.34. The van der Waals surface area contributed by atoms with Crippen LogP contribution in [0.15, 0.2) is 78.6 Å². The van der Waals surface area contributed by atoms with Gasteiger partial charge in [-0.25, -0.2) is 4.79 Å². The van der Waals surface area contributed by atoms with Gasteiger partial charge in [0.2, 0.25) is 0 Å². The maximum absolute atomic E-state index is 12.6. The van der Waals surface area contributed by atoms with Crippen LogP contribution in [0.1, 0.15) is 29.9 Å². The molecule has 3 aromatic rings. The molecular weight excluding hydrogens is 440 g/mol. The van der Waals surface area contributed by atoms with Gasteiger partial charge in [-0.3, -0.25) is 14.3 Å². The summed E-state index contributed by atoms with van der Waals surface area (Å²) in [5.41, 5.74) is 0.987. The van der Waals surface area contributed by atoms with E-state index in [9.17, 15) is 9.59 Å². The van der Waals surface area contributed by atoms with Crippen LogP contribution < -0.4 is 11.2 Å². The fourth-order valence-corrected chi connectivity index (χ4v) is 4.72. The quantitative estimate of drug-likeness (QED) is 0.529. The first-order chi connectivity index (χ1) is 13.6. The van der Waals surface area contributed by atoms with Crippen molar-refractivity contribution >= 4 is 27.7 Å². The number of ether oxygens (including phenoxy) is 1. The Morgan fingerprint density at radius 2 is 1.89 bits per heavy atom. The molecule has 0 spiro atoms. The molecule has 1 saturated carbocycles. The Kier molecular flexibility index (Phi) is 5.85. The van der Waals surface area contributed by atoms with Gasteiger partial charge >= 0.3 is 5.69 Å². The van der Waals surface area contributed by atoms with E-state index >= 15 is 0 Å². The van der Waals surface area contributed by atoms with E-state index in [4.69, 9.17) is 4.74 Å². The van der Waals surface area contributed by atoms with Crippen molar-refractivity contribution in [2.24, 2.45) is 0 Å². The molecule has 0 aliphatic heterocycles. The Balaban J connectivity index is 1.67. The van der Waals surface area contributed by atoms with Gasteiger partial charge in [0, 0.05) is 9.37 Å². The highest BCUT2D eigenvalue weighted by Crippen LogP contribution is 2.43. The van der Waals surface area contributed by atoms with E-state index in [-0.39, 0.29) is 18.2 Å². The zero-order chi connectivity index (χ0) is 19.5. The molecule has 28 heavy (non-hydrogen) atoms. The van der Waals surface area contributed by atoms with Crippen LogP contribution in [-0.4, -0.2) is 9.55 Å². The van der Waals surface area contributed by atoms with Crippen molar-refractivity contribution in [3.8, 4) is 0 Å². The number of hydrogen-bond donors (Lipinski definition) is 1. The van der Waals surface area contributed by atoms with Crippen molar-refractivity contribution in [1.29, 1.82) is 0 Å². The molecule has 0 amide bonds. The van der Waals surface area contributed by atoms with E-state index in [0.717, 1.165) is 27.8 Å². The van der Waals surface area contributed by atoms with Gasteiger partial charge in [-0.05, 0) is 42.5 Å². The average molecular weight is 459 g/mol. The predicted octanol–water partition coefficient (Wildman–Crippen LogP) is 4.50. The van der Waals surface area contributed by atoms with Gasteiger partial charge in [-0.1, -0.05) is 64.1 Å². The number of aromatic nitrogens is 2. The molecule has 0 saturated heterocycles. The number of aromatic amines is 1. The highest BCUT2D eigenvalue weighted by atomic mass is 79.9. The van der Waals surface area contributed by atoms with Crippen LogP contribution >= 0.6 is 27.7 Å². The van der Waals surface area contributed by atoms with Crippen molar-refractivity contribution in [2.75, 3.05) is 0 Å². The SMILES string of the molecule is O=c1[nH]c(=O)n(COCc2ccccc2)c(Sc2cccc(Br)c2)c1C1CC1. The van der Waals surface area contributed by atoms with Crippen LogP contribution in [0, 0.1) is 0 Å². The Morgan fingerprint density at radius 3 is 2.61 bits per heavy atom. The lowest BCUT2D eigenvalue weighted by Gasteiger charge is -2.16. The van der Waals surface area contributed by atoms with Gasteiger partial charge in [0.1, 0.15) is 6.73 Å². The van der Waals surface area contributed by atoms with E-state index in [1.165, 1.54) is 16.3 Å². The topological polar surface area (TPSA) is 64.1 Å². The molecule has 1 N–H and O–H groups in total. The molecule has 1 fully saturated rings. The Hall–Kier alpha value is -2.09. The van der Waals surface area contributed by atoms with E-state index in [2.05, 4.69) is 20.9 Å². The van der Waals surface area contributed by atoms with Gasteiger partial charge in [0.25, 0.3) is 5.56 Å². The Morgan fingerprint density at radius 1 is 1.11 bits per heavy atom. The maximum atomic E-state index is 12.6. The first-order valence-electron chi connectivity index (χ1n) is 9.04. The third-order valence-electron chi connectivity index (χ3n) is 4.51. The first-order valence-corrected chi connectivity index (χ1v) is 10.6. The zero-order valence-electron chi connectivity index (χ0n) is 15.1. The van der Waals surface area contributed by atoms with Crippen LogP contribution in [0.5, 0.6) is 0 Å². The molecule has 0 unspecified atom stereocenters. The van der Waals surface area contributed by atoms with Crippen molar-refractivity contribution in [3.05, 3.63) is 91.0 Å². The Labute approximate surface area is 174 Å². The molecule has 0 bridgehead atoms. The minimum Gasteiger partial charge on any atom is -0.356 e. The number of nitrogens with zero attached hydrogens (tertiary/aromatic N) is 1. The van der Waals surface area contributed by atoms with Crippen LogP contribution in [0.25, 0.3) is 0 Å². The minimum atomic E-state index is -0.444. The van der Waals surface area contributed by atoms with Gasteiger partial charge < -0.3 is 4.74 Å². The summed E-state index contributed by atoms with van der Waals surface area (Å²) >= 11 is 4.91. The monoisotopic (exact) mass is 458 g/mol. The van der Waals surface area contributed by atoms with E-state index < -0.39 is 5.69 Å². The maximum Gasteiger partial charge on any atom is 0.331 e. The summed E-state index contributed by atoms with van der Waals surface area (Å²) in [4.78, 5) is 28.5. The second-order valence-electron chi connectivity index (χ2n) is 6.70. The molecule has 144 valence electrons. The molecule has 1 aliphatic rings. The van der Waals surface area contributed by atoms with Crippen molar-refractivity contribution in [3.63, 3.8) is 0 Å². The summed E-state index contributed by atoms with van der Waals surface area (Å²) in [5.74, 6) is 0.208. The molecule has 1 aliphatic carbocycles. The number of rotatable bonds is 7. The highest BCUT2D eigenvalue weighted by Gasteiger charge is 2.31. The summed E-state index contributed by atoms with van der Waals surface area (Å²) in [6.45, 7) is 0.479. The number of benzene rings is 2. The molecule has 4 rings (SSSR count). The molecule has 0 atom stereocenters. The number of nitrogens with one attached hydrogen (secondary N) is 1. The fraction of sp³-hybridized carbons (Fsp3) is 0.238. The van der Waals surface area contributed by atoms with Crippen molar-refractivity contribution in [1.82, 2.24) is 9.55 Å². The lowest BCUT2D eigenvalue weighted by atomic mass is 10.2. The third kappa shape index (κ3) is 4.48. The van der Waals surface area contributed by atoms with Gasteiger partial charge in [0.05, 0.1) is 17.2 Å². The number of halogens is 1. The number of hydrogen-bond acceptors (Lipinski definition) is 4. The first kappa shape index (κ1) is 19.2. The normalized spacial score (nSPS) is 13.6. The molecule has 1 aromatic heterocycles.